The predicted octanol–water partition coefficient (Wildman–Crippen LogP) is 2.21. The molecule has 0 atom stereocenters. The molecule has 2 aromatic rings. The third-order valence-electron chi connectivity index (χ3n) is 3.69. The fourth-order valence-electron chi connectivity index (χ4n) is 2.66. The van der Waals surface area contributed by atoms with Crippen LogP contribution in [0.3, 0.4) is 0 Å². The van der Waals surface area contributed by atoms with Gasteiger partial charge in [0, 0.05) is 19.2 Å². The maximum atomic E-state index is 11.6. The third kappa shape index (κ3) is 2.47. The molecule has 1 aromatic heterocycles. The van der Waals surface area contributed by atoms with Crippen molar-refractivity contribution in [1.82, 2.24) is 4.90 Å². The fourth-order valence-corrected chi connectivity index (χ4v) is 2.66. The number of fused-ring (bicyclic) bond motifs is 1. The molecule has 2 heterocycles. The Hall–Kier alpha value is -2.07. The van der Waals surface area contributed by atoms with Gasteiger partial charge in [-0.15, -0.1) is 0 Å². The Labute approximate surface area is 117 Å². The molecular formula is C16H17NO3. The highest BCUT2D eigenvalue weighted by molar-refractivity contribution is 5.30. The van der Waals surface area contributed by atoms with Crippen molar-refractivity contribution in [2.75, 3.05) is 6.54 Å². The zero-order valence-electron chi connectivity index (χ0n) is 11.4. The van der Waals surface area contributed by atoms with E-state index in [1.807, 2.05) is 6.07 Å². The summed E-state index contributed by atoms with van der Waals surface area (Å²) < 4.78 is 5.49. The maximum Gasteiger partial charge on any atom is 0.227 e. The quantitative estimate of drug-likeness (QED) is 0.910. The molecule has 0 unspecified atom stereocenters. The van der Waals surface area contributed by atoms with Crippen molar-refractivity contribution in [3.63, 3.8) is 0 Å². The van der Waals surface area contributed by atoms with Gasteiger partial charge in [0.05, 0.1) is 6.54 Å². The Kier molecular flexibility index (Phi) is 3.32. The number of hydrogen-bond donors (Lipinski definition) is 1. The van der Waals surface area contributed by atoms with Crippen molar-refractivity contribution in [3.8, 4) is 5.75 Å². The number of aromatic hydroxyl groups is 1. The van der Waals surface area contributed by atoms with Gasteiger partial charge in [-0.2, -0.15) is 0 Å². The number of benzene rings is 1. The molecule has 1 aliphatic rings. The van der Waals surface area contributed by atoms with Gasteiger partial charge in [0.25, 0.3) is 0 Å². The standard InChI is InChI=1S/C16H17NO3/c1-11-8-14(18)16(19)15(20-11)10-17-7-6-12-4-2-3-5-13(12)9-17/h2-5,8,19H,6-7,9-10H2,1H3. The van der Waals surface area contributed by atoms with Gasteiger partial charge in [-0.25, -0.2) is 0 Å². The molecule has 20 heavy (non-hydrogen) atoms. The van der Waals surface area contributed by atoms with E-state index in [0.717, 1.165) is 19.5 Å². The first kappa shape index (κ1) is 12.9. The van der Waals surface area contributed by atoms with Gasteiger partial charge in [0.1, 0.15) is 5.76 Å². The summed E-state index contributed by atoms with van der Waals surface area (Å²) in [4.78, 5) is 13.8. The first-order valence-electron chi connectivity index (χ1n) is 6.75. The van der Waals surface area contributed by atoms with Crippen LogP contribution in [0, 0.1) is 6.92 Å². The summed E-state index contributed by atoms with van der Waals surface area (Å²) in [5, 5.41) is 9.81. The van der Waals surface area contributed by atoms with E-state index in [9.17, 15) is 9.90 Å². The molecule has 104 valence electrons. The number of nitrogens with zero attached hydrogens (tertiary/aromatic N) is 1. The molecule has 0 amide bonds. The second-order valence-electron chi connectivity index (χ2n) is 5.22. The van der Waals surface area contributed by atoms with E-state index in [1.165, 1.54) is 17.2 Å². The lowest BCUT2D eigenvalue weighted by Gasteiger charge is -2.28. The third-order valence-corrected chi connectivity index (χ3v) is 3.69. The lowest BCUT2D eigenvalue weighted by molar-refractivity contribution is 0.215. The Bertz CT molecular complexity index is 690. The molecule has 0 bridgehead atoms. The zero-order valence-corrected chi connectivity index (χ0v) is 11.4. The van der Waals surface area contributed by atoms with Gasteiger partial charge in [0.15, 0.2) is 5.76 Å². The second kappa shape index (κ2) is 5.13. The average molecular weight is 271 g/mol. The molecule has 0 radical (unpaired) electrons. The Balaban J connectivity index is 1.82. The molecule has 0 fully saturated rings. The normalized spacial score (nSPS) is 15.1. The zero-order chi connectivity index (χ0) is 14.1. The summed E-state index contributed by atoms with van der Waals surface area (Å²) in [7, 11) is 0. The van der Waals surface area contributed by atoms with Gasteiger partial charge in [-0.05, 0) is 24.5 Å². The van der Waals surface area contributed by atoms with Crippen LogP contribution in [0.5, 0.6) is 5.75 Å². The van der Waals surface area contributed by atoms with E-state index in [0.29, 0.717) is 18.1 Å². The molecule has 3 rings (SSSR count). The van der Waals surface area contributed by atoms with Crippen molar-refractivity contribution in [1.29, 1.82) is 0 Å². The first-order chi connectivity index (χ1) is 9.63. The smallest absolute Gasteiger partial charge is 0.227 e. The van der Waals surface area contributed by atoms with Crippen molar-refractivity contribution >= 4 is 0 Å². The summed E-state index contributed by atoms with van der Waals surface area (Å²) in [5.41, 5.74) is 2.30. The Morgan fingerprint density at radius 2 is 2.05 bits per heavy atom. The van der Waals surface area contributed by atoms with Crippen LogP contribution in [0.1, 0.15) is 22.6 Å². The average Bonchev–Trinajstić information content (AvgIpc) is 2.44. The predicted molar refractivity (Wildman–Crippen MR) is 75.6 cm³/mol. The van der Waals surface area contributed by atoms with Gasteiger partial charge in [-0.1, -0.05) is 24.3 Å². The van der Waals surface area contributed by atoms with Crippen molar-refractivity contribution in [2.24, 2.45) is 0 Å². The summed E-state index contributed by atoms with van der Waals surface area (Å²) in [6, 6.07) is 9.67. The minimum atomic E-state index is -0.374. The van der Waals surface area contributed by atoms with Crippen LogP contribution in [0.15, 0.2) is 39.5 Å². The Morgan fingerprint density at radius 3 is 2.85 bits per heavy atom. The second-order valence-corrected chi connectivity index (χ2v) is 5.22. The summed E-state index contributed by atoms with van der Waals surface area (Å²) in [6.45, 7) is 3.88. The van der Waals surface area contributed by atoms with E-state index in [-0.39, 0.29) is 11.2 Å². The van der Waals surface area contributed by atoms with Crippen LogP contribution in [-0.4, -0.2) is 16.6 Å². The van der Waals surface area contributed by atoms with Crippen molar-refractivity contribution < 1.29 is 9.52 Å². The van der Waals surface area contributed by atoms with Gasteiger partial charge >= 0.3 is 0 Å². The van der Waals surface area contributed by atoms with Gasteiger partial charge < -0.3 is 9.52 Å². The van der Waals surface area contributed by atoms with E-state index < -0.39 is 0 Å². The van der Waals surface area contributed by atoms with Crippen LogP contribution < -0.4 is 5.43 Å². The maximum absolute atomic E-state index is 11.6. The molecule has 4 heteroatoms. The minimum Gasteiger partial charge on any atom is -0.502 e. The lowest BCUT2D eigenvalue weighted by Crippen LogP contribution is -2.30. The fraction of sp³-hybridized carbons (Fsp3) is 0.312. The number of hydrogen-bond acceptors (Lipinski definition) is 4. The van der Waals surface area contributed by atoms with Crippen molar-refractivity contribution in [2.45, 2.75) is 26.4 Å². The lowest BCUT2D eigenvalue weighted by atomic mass is 10.00. The number of aryl methyl sites for hydroxylation is 1. The van der Waals surface area contributed by atoms with Gasteiger partial charge in [-0.3, -0.25) is 9.69 Å². The molecule has 0 saturated heterocycles. The monoisotopic (exact) mass is 271 g/mol. The molecular weight excluding hydrogens is 254 g/mol. The van der Waals surface area contributed by atoms with Crippen LogP contribution in [0.25, 0.3) is 0 Å². The summed E-state index contributed by atoms with van der Waals surface area (Å²) >= 11 is 0. The SMILES string of the molecule is Cc1cc(=O)c(O)c(CN2CCc3ccccc3C2)o1. The highest BCUT2D eigenvalue weighted by Gasteiger charge is 2.19. The van der Waals surface area contributed by atoms with Crippen LogP contribution in [-0.2, 0) is 19.5 Å². The molecule has 1 aromatic carbocycles. The minimum absolute atomic E-state index is 0.269. The van der Waals surface area contributed by atoms with Crippen molar-refractivity contribution in [3.05, 3.63) is 63.2 Å². The summed E-state index contributed by atoms with van der Waals surface area (Å²) in [6.07, 6.45) is 0.979. The van der Waals surface area contributed by atoms with E-state index in [2.05, 4.69) is 23.1 Å². The first-order valence-corrected chi connectivity index (χ1v) is 6.75. The van der Waals surface area contributed by atoms with Crippen LogP contribution in [0.4, 0.5) is 0 Å². The topological polar surface area (TPSA) is 53.7 Å². The largest absolute Gasteiger partial charge is 0.502 e. The highest BCUT2D eigenvalue weighted by atomic mass is 16.4. The highest BCUT2D eigenvalue weighted by Crippen LogP contribution is 2.22. The molecule has 4 nitrogen and oxygen atoms in total. The molecule has 0 saturated carbocycles. The molecule has 0 spiro atoms. The summed E-state index contributed by atoms with van der Waals surface area (Å²) in [5.74, 6) is 0.615. The van der Waals surface area contributed by atoms with E-state index in [4.69, 9.17) is 4.42 Å². The van der Waals surface area contributed by atoms with Crippen LogP contribution >= 0.6 is 0 Å². The molecule has 0 aliphatic carbocycles. The van der Waals surface area contributed by atoms with Crippen LogP contribution in [0.2, 0.25) is 0 Å². The number of rotatable bonds is 2. The Morgan fingerprint density at radius 1 is 1.30 bits per heavy atom. The van der Waals surface area contributed by atoms with Gasteiger partial charge in [0.2, 0.25) is 11.2 Å². The van der Waals surface area contributed by atoms with E-state index in [1.54, 1.807) is 6.92 Å². The molecule has 1 N–H and O–H groups in total. The van der Waals surface area contributed by atoms with E-state index >= 15 is 0 Å². The molecule has 1 aliphatic heterocycles.